The molecule has 222 valence electrons. The monoisotopic (exact) mass is 588 g/mol. The number of benzene rings is 3. The van der Waals surface area contributed by atoms with E-state index in [1.165, 1.54) is 11.8 Å². The zero-order valence-corrected chi connectivity index (χ0v) is 25.3. The van der Waals surface area contributed by atoms with Gasteiger partial charge in [0.2, 0.25) is 17.7 Å². The van der Waals surface area contributed by atoms with Crippen molar-refractivity contribution in [3.8, 4) is 0 Å². The maximum atomic E-state index is 13.7. The molecular weight excluding hydrogens is 548 g/mol. The number of carbonyl (C=O) groups excluding carboxylic acids is 3. The first-order valence-corrected chi connectivity index (χ1v) is 15.7. The fourth-order valence-corrected chi connectivity index (χ4v) is 7.22. The Morgan fingerprint density at radius 1 is 0.976 bits per heavy atom. The molecule has 2 aliphatic rings. The van der Waals surface area contributed by atoms with Crippen molar-refractivity contribution in [2.45, 2.75) is 43.9 Å². The Kier molecular flexibility index (Phi) is 10.2. The van der Waals surface area contributed by atoms with Crippen LogP contribution in [0.1, 0.15) is 40.5 Å². The number of aryl methyl sites for hydroxylation is 2. The molecule has 0 unspecified atom stereocenters. The number of fused-ring (bicyclic) bond motifs is 1. The number of hydrogen-bond acceptors (Lipinski definition) is 6. The Balaban J connectivity index is 1.21. The summed E-state index contributed by atoms with van der Waals surface area (Å²) in [5.41, 5.74) is 4.24. The van der Waals surface area contributed by atoms with Crippen LogP contribution in [0.4, 0.5) is 0 Å². The molecule has 0 aromatic heterocycles. The summed E-state index contributed by atoms with van der Waals surface area (Å²) in [6, 6.07) is 20.3. The molecule has 3 aromatic carbocycles. The van der Waals surface area contributed by atoms with Crippen molar-refractivity contribution in [3.05, 3.63) is 82.9 Å². The fraction of sp³-hybridized carbons (Fsp3) is 0.424. The third-order valence-electron chi connectivity index (χ3n) is 7.94. The van der Waals surface area contributed by atoms with Gasteiger partial charge in [-0.1, -0.05) is 66.2 Å². The van der Waals surface area contributed by atoms with Gasteiger partial charge < -0.3 is 20.3 Å². The first-order valence-electron chi connectivity index (χ1n) is 14.7. The molecule has 2 N–H and O–H groups in total. The van der Waals surface area contributed by atoms with E-state index < -0.39 is 5.25 Å². The summed E-state index contributed by atoms with van der Waals surface area (Å²) in [6.07, 6.45) is 0.905. The lowest BCUT2D eigenvalue weighted by molar-refractivity contribution is -0.136. The summed E-state index contributed by atoms with van der Waals surface area (Å²) in [5, 5.41) is 7.35. The van der Waals surface area contributed by atoms with Crippen molar-refractivity contribution >= 4 is 40.3 Å². The maximum Gasteiger partial charge on any atom is 0.239 e. The lowest BCUT2D eigenvalue weighted by Crippen LogP contribution is -2.42. The van der Waals surface area contributed by atoms with E-state index in [0.717, 1.165) is 72.3 Å². The Labute approximate surface area is 252 Å². The minimum atomic E-state index is -0.558. The molecule has 2 heterocycles. The van der Waals surface area contributed by atoms with Gasteiger partial charge in [0.25, 0.3) is 0 Å². The van der Waals surface area contributed by atoms with Crippen LogP contribution in [0.5, 0.6) is 0 Å². The third-order valence-corrected chi connectivity index (χ3v) is 9.41. The van der Waals surface area contributed by atoms with Gasteiger partial charge in [0, 0.05) is 32.6 Å². The van der Waals surface area contributed by atoms with E-state index >= 15 is 0 Å². The van der Waals surface area contributed by atoms with Crippen LogP contribution in [0.2, 0.25) is 0 Å². The van der Waals surface area contributed by atoms with Gasteiger partial charge in [-0.15, -0.1) is 11.8 Å². The first kappa shape index (κ1) is 30.1. The molecule has 0 aliphatic carbocycles. The van der Waals surface area contributed by atoms with Gasteiger partial charge in [-0.2, -0.15) is 0 Å². The van der Waals surface area contributed by atoms with Crippen LogP contribution in [0.25, 0.3) is 10.8 Å². The van der Waals surface area contributed by atoms with Gasteiger partial charge in [0.1, 0.15) is 11.9 Å². The number of hydrogen-bond donors (Lipinski definition) is 2. The van der Waals surface area contributed by atoms with E-state index in [2.05, 4.69) is 33.7 Å². The zero-order chi connectivity index (χ0) is 29.5. The summed E-state index contributed by atoms with van der Waals surface area (Å²) in [7, 11) is 0. The molecule has 2 saturated heterocycles. The third kappa shape index (κ3) is 7.51. The number of ether oxygens (including phenoxy) is 1. The second-order valence-corrected chi connectivity index (χ2v) is 12.4. The lowest BCUT2D eigenvalue weighted by atomic mass is 10.0. The highest BCUT2D eigenvalue weighted by Crippen LogP contribution is 2.45. The molecule has 42 heavy (non-hydrogen) atoms. The minimum absolute atomic E-state index is 0.0322. The minimum Gasteiger partial charge on any atom is -0.379 e. The quantitative estimate of drug-likeness (QED) is 0.330. The average Bonchev–Trinajstić information content (AvgIpc) is 3.28. The van der Waals surface area contributed by atoms with Crippen molar-refractivity contribution in [1.29, 1.82) is 0 Å². The van der Waals surface area contributed by atoms with E-state index in [0.29, 0.717) is 13.1 Å². The second-order valence-electron chi connectivity index (χ2n) is 11.1. The SMILES string of the molecule is Cc1ccc([C@H]2S[C@H](CC(=O)NCc3cccc4ccccc34)C(=O)N2CC(=O)NCCCN2CCOCC2)c(C)c1. The van der Waals surface area contributed by atoms with Gasteiger partial charge in [-0.25, -0.2) is 0 Å². The Hall–Kier alpha value is -3.40. The fourth-order valence-electron chi connectivity index (χ4n) is 5.67. The van der Waals surface area contributed by atoms with E-state index in [4.69, 9.17) is 4.74 Å². The van der Waals surface area contributed by atoms with Gasteiger partial charge in [0.15, 0.2) is 0 Å². The van der Waals surface area contributed by atoms with Gasteiger partial charge in [-0.3, -0.25) is 19.3 Å². The van der Waals surface area contributed by atoms with Gasteiger partial charge in [-0.05, 0) is 54.3 Å². The number of thioether (sulfide) groups is 1. The van der Waals surface area contributed by atoms with Crippen molar-refractivity contribution in [1.82, 2.24) is 20.4 Å². The van der Waals surface area contributed by atoms with Crippen molar-refractivity contribution < 1.29 is 19.1 Å². The molecule has 0 bridgehead atoms. The van der Waals surface area contributed by atoms with E-state index in [1.54, 1.807) is 4.90 Å². The molecule has 8 nitrogen and oxygen atoms in total. The Morgan fingerprint density at radius 2 is 1.76 bits per heavy atom. The molecular formula is C33H40N4O4S. The zero-order valence-electron chi connectivity index (χ0n) is 24.4. The summed E-state index contributed by atoms with van der Waals surface area (Å²) >= 11 is 1.46. The van der Waals surface area contributed by atoms with Crippen molar-refractivity contribution in [2.24, 2.45) is 0 Å². The van der Waals surface area contributed by atoms with Crippen LogP contribution < -0.4 is 10.6 Å². The number of nitrogens with zero attached hydrogens (tertiary/aromatic N) is 2. The number of morpholine rings is 1. The number of amides is 3. The average molecular weight is 589 g/mol. The van der Waals surface area contributed by atoms with Crippen LogP contribution in [-0.2, 0) is 25.7 Å². The first-order chi connectivity index (χ1) is 20.4. The largest absolute Gasteiger partial charge is 0.379 e. The van der Waals surface area contributed by atoms with Crippen molar-refractivity contribution in [2.75, 3.05) is 45.9 Å². The molecule has 0 saturated carbocycles. The molecule has 3 amide bonds. The van der Waals surface area contributed by atoms with E-state index in [-0.39, 0.29) is 36.1 Å². The van der Waals surface area contributed by atoms with E-state index in [9.17, 15) is 14.4 Å². The number of nitrogens with one attached hydrogen (secondary N) is 2. The summed E-state index contributed by atoms with van der Waals surface area (Å²) in [5.74, 6) is -0.530. The van der Waals surface area contributed by atoms with Crippen molar-refractivity contribution in [3.63, 3.8) is 0 Å². The van der Waals surface area contributed by atoms with Crippen LogP contribution in [0.3, 0.4) is 0 Å². The molecule has 0 spiro atoms. The lowest BCUT2D eigenvalue weighted by Gasteiger charge is -2.27. The van der Waals surface area contributed by atoms with Gasteiger partial charge >= 0.3 is 0 Å². The predicted molar refractivity (Wildman–Crippen MR) is 167 cm³/mol. The van der Waals surface area contributed by atoms with Crippen LogP contribution in [0.15, 0.2) is 60.7 Å². The molecule has 2 atom stereocenters. The molecule has 0 radical (unpaired) electrons. The number of carbonyl (C=O) groups is 3. The molecule has 2 aliphatic heterocycles. The van der Waals surface area contributed by atoms with E-state index in [1.807, 2.05) is 56.3 Å². The molecule has 3 aromatic rings. The summed E-state index contributed by atoms with van der Waals surface area (Å²) in [4.78, 5) is 43.7. The Bertz CT molecular complexity index is 1420. The standard InChI is InChI=1S/C33H40N4O4S/c1-23-11-12-27(24(2)19-23)33-37(22-31(39)34-13-6-14-36-15-17-41-18-16-36)32(40)29(42-33)20-30(38)35-21-26-9-5-8-25-7-3-4-10-28(25)26/h3-5,7-12,19,29,33H,6,13-18,20-22H2,1-2H3,(H,34,39)(H,35,38)/t29-,33-/m1/s1. The van der Waals surface area contributed by atoms with Crippen LogP contribution in [-0.4, -0.2) is 78.7 Å². The highest BCUT2D eigenvalue weighted by molar-refractivity contribution is 8.01. The normalized spacial score (nSPS) is 19.3. The molecule has 5 rings (SSSR count). The van der Waals surface area contributed by atoms with Crippen LogP contribution in [0, 0.1) is 13.8 Å². The molecule has 9 heteroatoms. The number of rotatable bonds is 11. The maximum absolute atomic E-state index is 13.7. The smallest absolute Gasteiger partial charge is 0.239 e. The second kappa shape index (κ2) is 14.2. The van der Waals surface area contributed by atoms with Crippen LogP contribution >= 0.6 is 11.8 Å². The molecule has 2 fully saturated rings. The summed E-state index contributed by atoms with van der Waals surface area (Å²) in [6.45, 7) is 9.23. The highest BCUT2D eigenvalue weighted by Gasteiger charge is 2.43. The Morgan fingerprint density at radius 3 is 2.57 bits per heavy atom. The topological polar surface area (TPSA) is 91.0 Å². The predicted octanol–water partition coefficient (Wildman–Crippen LogP) is 3.94. The summed E-state index contributed by atoms with van der Waals surface area (Å²) < 4.78 is 5.40. The van der Waals surface area contributed by atoms with Gasteiger partial charge in [0.05, 0.1) is 18.5 Å². The highest BCUT2D eigenvalue weighted by atomic mass is 32.2.